The number of amides is 1. The van der Waals surface area contributed by atoms with Gasteiger partial charge in [0.2, 0.25) is 15.9 Å². The van der Waals surface area contributed by atoms with E-state index in [-0.39, 0.29) is 10.6 Å². The number of alkyl halides is 3. The predicted molar refractivity (Wildman–Crippen MR) is 88.0 cm³/mol. The van der Waals surface area contributed by atoms with Gasteiger partial charge in [0.25, 0.3) is 0 Å². The molecular weight excluding hydrogens is 392 g/mol. The molecule has 2 aromatic carbocycles. The van der Waals surface area contributed by atoms with Gasteiger partial charge in [-0.15, -0.1) is 13.2 Å². The highest BCUT2D eigenvalue weighted by Gasteiger charge is 2.31. The molecule has 0 saturated heterocycles. The number of likely N-dealkylation sites (N-methyl/N-ethyl adjacent to an activating group) is 1. The Bertz CT molecular complexity index is 898. The lowest BCUT2D eigenvalue weighted by Crippen LogP contribution is -2.34. The third-order valence-corrected chi connectivity index (χ3v) is 5.08. The van der Waals surface area contributed by atoms with E-state index in [1.165, 1.54) is 12.1 Å². The Kier molecular flexibility index (Phi) is 6.06. The molecule has 0 saturated carbocycles. The van der Waals surface area contributed by atoms with E-state index < -0.39 is 40.4 Å². The van der Waals surface area contributed by atoms with Gasteiger partial charge in [-0.25, -0.2) is 12.8 Å². The van der Waals surface area contributed by atoms with Crippen LogP contribution in [-0.2, 0) is 14.8 Å². The maximum absolute atomic E-state index is 12.8. The van der Waals surface area contributed by atoms with Gasteiger partial charge >= 0.3 is 6.36 Å². The van der Waals surface area contributed by atoms with Crippen molar-refractivity contribution in [2.45, 2.75) is 11.3 Å². The molecular formula is C16H14F4N2O4S. The number of sulfonamides is 1. The number of anilines is 1. The summed E-state index contributed by atoms with van der Waals surface area (Å²) in [5, 5.41) is 2.40. The first kappa shape index (κ1) is 20.6. The third-order valence-electron chi connectivity index (χ3n) is 3.26. The highest BCUT2D eigenvalue weighted by atomic mass is 32.2. The van der Waals surface area contributed by atoms with Gasteiger partial charge in [0.1, 0.15) is 11.6 Å². The zero-order chi connectivity index (χ0) is 20.2. The smallest absolute Gasteiger partial charge is 0.406 e. The molecule has 2 rings (SSSR count). The highest BCUT2D eigenvalue weighted by molar-refractivity contribution is 7.89. The van der Waals surface area contributed by atoms with Gasteiger partial charge in [-0.3, -0.25) is 4.79 Å². The zero-order valence-electron chi connectivity index (χ0n) is 13.8. The summed E-state index contributed by atoms with van der Waals surface area (Å²) in [7, 11) is -2.98. The van der Waals surface area contributed by atoms with Gasteiger partial charge in [0.15, 0.2) is 0 Å². The maximum Gasteiger partial charge on any atom is 0.573 e. The molecule has 146 valence electrons. The van der Waals surface area contributed by atoms with Gasteiger partial charge in [-0.05, 0) is 48.5 Å². The van der Waals surface area contributed by atoms with Crippen molar-refractivity contribution in [2.75, 3.05) is 18.9 Å². The first-order valence-electron chi connectivity index (χ1n) is 7.35. The first-order valence-corrected chi connectivity index (χ1v) is 8.79. The molecule has 6 nitrogen and oxygen atoms in total. The SMILES string of the molecule is CN(CC(=O)Nc1ccc(F)cc1)S(=O)(=O)c1ccc(OC(F)(F)F)cc1. The van der Waals surface area contributed by atoms with Crippen LogP contribution in [0.25, 0.3) is 0 Å². The summed E-state index contributed by atoms with van der Waals surface area (Å²) in [4.78, 5) is 11.6. The number of carbonyl (C=O) groups excluding carboxylic acids is 1. The molecule has 11 heteroatoms. The molecule has 0 fully saturated rings. The topological polar surface area (TPSA) is 75.7 Å². The molecule has 0 aliphatic heterocycles. The summed E-state index contributed by atoms with van der Waals surface area (Å²) in [6, 6.07) is 8.44. The molecule has 1 N–H and O–H groups in total. The summed E-state index contributed by atoms with van der Waals surface area (Å²) >= 11 is 0. The Morgan fingerprint density at radius 2 is 1.63 bits per heavy atom. The number of hydrogen-bond acceptors (Lipinski definition) is 4. The average Bonchev–Trinajstić information content (AvgIpc) is 2.56. The minimum absolute atomic E-state index is 0.279. The fourth-order valence-corrected chi connectivity index (χ4v) is 3.14. The molecule has 0 spiro atoms. The number of carbonyl (C=O) groups is 1. The van der Waals surface area contributed by atoms with Crippen LogP contribution >= 0.6 is 0 Å². The van der Waals surface area contributed by atoms with E-state index in [0.717, 1.165) is 47.8 Å². The van der Waals surface area contributed by atoms with Crippen LogP contribution < -0.4 is 10.1 Å². The standard InChI is InChI=1S/C16H14F4N2O4S/c1-22(10-15(23)21-12-4-2-11(17)3-5-12)27(24,25)14-8-6-13(7-9-14)26-16(18,19)20/h2-9H,10H2,1H3,(H,21,23). The van der Waals surface area contributed by atoms with Crippen molar-refractivity contribution in [1.82, 2.24) is 4.31 Å². The molecule has 0 aliphatic rings. The summed E-state index contributed by atoms with van der Waals surface area (Å²) in [6.07, 6.45) is -4.89. The molecule has 27 heavy (non-hydrogen) atoms. The number of rotatable bonds is 6. The fourth-order valence-electron chi connectivity index (χ4n) is 2.01. The van der Waals surface area contributed by atoms with E-state index in [1.54, 1.807) is 0 Å². The molecule has 0 heterocycles. The Morgan fingerprint density at radius 3 is 2.15 bits per heavy atom. The van der Waals surface area contributed by atoms with Crippen LogP contribution in [0.4, 0.5) is 23.2 Å². The number of halogens is 4. The molecule has 0 bridgehead atoms. The second-order valence-corrected chi connectivity index (χ2v) is 7.38. The second kappa shape index (κ2) is 7.92. The quantitative estimate of drug-likeness (QED) is 0.749. The summed E-state index contributed by atoms with van der Waals surface area (Å²) in [5.74, 6) is -1.74. The van der Waals surface area contributed by atoms with E-state index in [1.807, 2.05) is 0 Å². The van der Waals surface area contributed by atoms with E-state index >= 15 is 0 Å². The first-order chi connectivity index (χ1) is 12.5. The molecule has 1 amide bonds. The second-order valence-electron chi connectivity index (χ2n) is 5.34. The minimum Gasteiger partial charge on any atom is -0.406 e. The van der Waals surface area contributed by atoms with Gasteiger partial charge in [0.05, 0.1) is 11.4 Å². The van der Waals surface area contributed by atoms with Crippen molar-refractivity contribution >= 4 is 21.6 Å². The Morgan fingerprint density at radius 1 is 1.07 bits per heavy atom. The van der Waals surface area contributed by atoms with Crippen LogP contribution in [-0.4, -0.2) is 38.6 Å². The van der Waals surface area contributed by atoms with Crippen LogP contribution in [0.2, 0.25) is 0 Å². The summed E-state index contributed by atoms with van der Waals surface area (Å²) < 4.78 is 78.4. The molecule has 0 radical (unpaired) electrons. The van der Waals surface area contributed by atoms with Crippen molar-refractivity contribution in [2.24, 2.45) is 0 Å². The van der Waals surface area contributed by atoms with E-state index in [0.29, 0.717) is 0 Å². The van der Waals surface area contributed by atoms with Gasteiger partial charge < -0.3 is 10.1 Å². The average molecular weight is 406 g/mol. The monoisotopic (exact) mass is 406 g/mol. The normalized spacial score (nSPS) is 12.1. The van der Waals surface area contributed by atoms with E-state index in [9.17, 15) is 30.8 Å². The van der Waals surface area contributed by atoms with Crippen LogP contribution in [0.15, 0.2) is 53.4 Å². The van der Waals surface area contributed by atoms with Crippen molar-refractivity contribution in [3.8, 4) is 5.75 Å². The molecule has 0 aromatic heterocycles. The van der Waals surface area contributed by atoms with Crippen molar-refractivity contribution < 1.29 is 35.5 Å². The lowest BCUT2D eigenvalue weighted by Gasteiger charge is -2.17. The van der Waals surface area contributed by atoms with Crippen LogP contribution in [0.1, 0.15) is 0 Å². The summed E-state index contributed by atoms with van der Waals surface area (Å²) in [6.45, 7) is -0.555. The van der Waals surface area contributed by atoms with Crippen molar-refractivity contribution in [1.29, 1.82) is 0 Å². The number of nitrogens with one attached hydrogen (secondary N) is 1. The number of ether oxygens (including phenoxy) is 1. The Balaban J connectivity index is 2.04. The Hall–Kier alpha value is -2.66. The van der Waals surface area contributed by atoms with Crippen LogP contribution in [0.5, 0.6) is 5.75 Å². The van der Waals surface area contributed by atoms with E-state index in [4.69, 9.17) is 0 Å². The van der Waals surface area contributed by atoms with Crippen molar-refractivity contribution in [3.63, 3.8) is 0 Å². The molecule has 0 aliphatic carbocycles. The zero-order valence-corrected chi connectivity index (χ0v) is 14.6. The summed E-state index contributed by atoms with van der Waals surface area (Å²) in [5.41, 5.74) is 0.279. The Labute approximate surface area is 152 Å². The van der Waals surface area contributed by atoms with Crippen molar-refractivity contribution in [3.05, 3.63) is 54.3 Å². The predicted octanol–water partition coefficient (Wildman–Crippen LogP) is 2.98. The largest absolute Gasteiger partial charge is 0.573 e. The van der Waals surface area contributed by atoms with Crippen LogP contribution in [0.3, 0.4) is 0 Å². The van der Waals surface area contributed by atoms with Gasteiger partial charge in [-0.1, -0.05) is 0 Å². The van der Waals surface area contributed by atoms with Crippen LogP contribution in [0, 0.1) is 5.82 Å². The minimum atomic E-state index is -4.89. The number of hydrogen-bond donors (Lipinski definition) is 1. The molecule has 2 aromatic rings. The number of benzene rings is 2. The highest BCUT2D eigenvalue weighted by Crippen LogP contribution is 2.24. The third kappa shape index (κ3) is 5.93. The number of nitrogens with zero attached hydrogens (tertiary/aromatic N) is 1. The lowest BCUT2D eigenvalue weighted by atomic mass is 10.3. The molecule has 0 unspecified atom stereocenters. The maximum atomic E-state index is 12.8. The van der Waals surface area contributed by atoms with E-state index in [2.05, 4.69) is 10.1 Å². The fraction of sp³-hybridized carbons (Fsp3) is 0.188. The van der Waals surface area contributed by atoms with Gasteiger partial charge in [0, 0.05) is 12.7 Å². The lowest BCUT2D eigenvalue weighted by molar-refractivity contribution is -0.274. The van der Waals surface area contributed by atoms with Gasteiger partial charge in [-0.2, -0.15) is 4.31 Å². The molecule has 0 atom stereocenters.